The SMILES string of the molecule is Nn1c(SCc2ccc(-c3ccccc3)cc2)nnc1-c1ccco1. The molecule has 0 aliphatic carbocycles. The first kappa shape index (κ1) is 15.5. The van der Waals surface area contributed by atoms with Crippen molar-refractivity contribution in [3.05, 3.63) is 78.6 Å². The molecular formula is C19H16N4OS. The van der Waals surface area contributed by atoms with Crippen LogP contribution in [0.15, 0.2) is 82.6 Å². The van der Waals surface area contributed by atoms with Crippen LogP contribution in [0.25, 0.3) is 22.7 Å². The lowest BCUT2D eigenvalue weighted by Gasteiger charge is -2.05. The van der Waals surface area contributed by atoms with E-state index in [1.165, 1.54) is 21.4 Å². The topological polar surface area (TPSA) is 69.9 Å². The van der Waals surface area contributed by atoms with Gasteiger partial charge < -0.3 is 10.3 Å². The Morgan fingerprint density at radius 2 is 1.64 bits per heavy atom. The molecule has 0 unspecified atom stereocenters. The van der Waals surface area contributed by atoms with E-state index in [1.807, 2.05) is 24.3 Å². The van der Waals surface area contributed by atoms with E-state index in [0.29, 0.717) is 16.7 Å². The third-order valence-electron chi connectivity index (χ3n) is 3.84. The van der Waals surface area contributed by atoms with Gasteiger partial charge in [0.1, 0.15) is 0 Å². The lowest BCUT2D eigenvalue weighted by Crippen LogP contribution is -2.11. The highest BCUT2D eigenvalue weighted by molar-refractivity contribution is 7.98. The van der Waals surface area contributed by atoms with Crippen molar-refractivity contribution in [2.45, 2.75) is 10.9 Å². The summed E-state index contributed by atoms with van der Waals surface area (Å²) in [6.45, 7) is 0. The quantitative estimate of drug-likeness (QED) is 0.432. The van der Waals surface area contributed by atoms with Crippen molar-refractivity contribution in [2.24, 2.45) is 0 Å². The molecule has 2 aromatic carbocycles. The Bertz CT molecular complexity index is 947. The van der Waals surface area contributed by atoms with E-state index in [4.69, 9.17) is 10.3 Å². The van der Waals surface area contributed by atoms with Gasteiger partial charge in [0.15, 0.2) is 5.76 Å². The molecule has 5 nitrogen and oxygen atoms in total. The number of nitrogens with zero attached hydrogens (tertiary/aromatic N) is 3. The molecule has 2 heterocycles. The second-order valence-corrected chi connectivity index (χ2v) is 6.45. The largest absolute Gasteiger partial charge is 0.461 e. The lowest BCUT2D eigenvalue weighted by molar-refractivity contribution is 0.574. The number of thioether (sulfide) groups is 1. The molecule has 0 bridgehead atoms. The van der Waals surface area contributed by atoms with Gasteiger partial charge in [0.25, 0.3) is 0 Å². The van der Waals surface area contributed by atoms with Crippen LogP contribution in [0.5, 0.6) is 0 Å². The zero-order chi connectivity index (χ0) is 17.1. The van der Waals surface area contributed by atoms with Crippen LogP contribution in [0, 0.1) is 0 Å². The molecule has 4 rings (SSSR count). The summed E-state index contributed by atoms with van der Waals surface area (Å²) in [5.74, 6) is 7.96. The van der Waals surface area contributed by atoms with Crippen LogP contribution in [-0.4, -0.2) is 14.9 Å². The molecule has 2 N–H and O–H groups in total. The maximum atomic E-state index is 6.07. The molecule has 0 spiro atoms. The van der Waals surface area contributed by atoms with Gasteiger partial charge in [-0.2, -0.15) is 0 Å². The number of nitrogens with two attached hydrogens (primary N) is 1. The van der Waals surface area contributed by atoms with E-state index in [1.54, 1.807) is 24.1 Å². The van der Waals surface area contributed by atoms with Gasteiger partial charge in [-0.05, 0) is 28.8 Å². The molecule has 0 saturated heterocycles. The molecule has 0 aliphatic rings. The first-order chi connectivity index (χ1) is 12.3. The van der Waals surface area contributed by atoms with E-state index in [2.05, 4.69) is 46.6 Å². The van der Waals surface area contributed by atoms with Crippen LogP contribution in [-0.2, 0) is 5.75 Å². The van der Waals surface area contributed by atoms with Crippen LogP contribution >= 0.6 is 11.8 Å². The minimum absolute atomic E-state index is 0.520. The Morgan fingerprint density at radius 3 is 2.36 bits per heavy atom. The summed E-state index contributed by atoms with van der Waals surface area (Å²) in [4.78, 5) is 0. The Hall–Kier alpha value is -2.99. The van der Waals surface area contributed by atoms with E-state index < -0.39 is 0 Å². The van der Waals surface area contributed by atoms with Gasteiger partial charge in [-0.3, -0.25) is 0 Å². The maximum absolute atomic E-state index is 6.07. The van der Waals surface area contributed by atoms with Gasteiger partial charge in [-0.15, -0.1) is 10.2 Å². The second-order valence-electron chi connectivity index (χ2n) is 5.51. The summed E-state index contributed by atoms with van der Waals surface area (Å²) in [6, 6.07) is 22.4. The molecule has 2 aromatic heterocycles. The zero-order valence-corrected chi connectivity index (χ0v) is 14.2. The number of benzene rings is 2. The van der Waals surface area contributed by atoms with Crippen LogP contribution in [0.3, 0.4) is 0 Å². The molecule has 0 aliphatic heterocycles. The molecule has 0 atom stereocenters. The fourth-order valence-corrected chi connectivity index (χ4v) is 3.33. The molecule has 0 radical (unpaired) electrons. The summed E-state index contributed by atoms with van der Waals surface area (Å²) in [5.41, 5.74) is 3.62. The summed E-state index contributed by atoms with van der Waals surface area (Å²) in [6.07, 6.45) is 1.59. The number of hydrogen-bond donors (Lipinski definition) is 1. The van der Waals surface area contributed by atoms with Gasteiger partial charge >= 0.3 is 0 Å². The Morgan fingerprint density at radius 1 is 0.880 bits per heavy atom. The number of hydrogen-bond acceptors (Lipinski definition) is 5. The molecule has 124 valence electrons. The molecule has 0 amide bonds. The normalized spacial score (nSPS) is 10.9. The van der Waals surface area contributed by atoms with Crippen molar-refractivity contribution in [3.8, 4) is 22.7 Å². The molecule has 4 aromatic rings. The smallest absolute Gasteiger partial charge is 0.218 e. The third kappa shape index (κ3) is 3.29. The fourth-order valence-electron chi connectivity index (χ4n) is 2.52. The van der Waals surface area contributed by atoms with Gasteiger partial charge in [0.2, 0.25) is 11.0 Å². The summed E-state index contributed by atoms with van der Waals surface area (Å²) in [7, 11) is 0. The first-order valence-corrected chi connectivity index (χ1v) is 8.81. The molecule has 25 heavy (non-hydrogen) atoms. The van der Waals surface area contributed by atoms with Gasteiger partial charge in [0.05, 0.1) is 6.26 Å². The fraction of sp³-hybridized carbons (Fsp3) is 0.0526. The summed E-state index contributed by atoms with van der Waals surface area (Å²) < 4.78 is 6.78. The average molecular weight is 348 g/mol. The monoisotopic (exact) mass is 348 g/mol. The standard InChI is InChI=1S/C19H16N4OS/c20-23-18(17-7-4-12-24-17)21-22-19(23)25-13-14-8-10-16(11-9-14)15-5-2-1-3-6-15/h1-12H,13,20H2. The average Bonchev–Trinajstić information content (AvgIpc) is 3.31. The Labute approximate surface area is 149 Å². The van der Waals surface area contributed by atoms with E-state index in [0.717, 1.165) is 5.75 Å². The van der Waals surface area contributed by atoms with Crippen molar-refractivity contribution in [3.63, 3.8) is 0 Å². The van der Waals surface area contributed by atoms with Crippen molar-refractivity contribution in [1.82, 2.24) is 14.9 Å². The summed E-state index contributed by atoms with van der Waals surface area (Å²) in [5, 5.41) is 8.89. The van der Waals surface area contributed by atoms with E-state index >= 15 is 0 Å². The molecule has 0 saturated carbocycles. The molecule has 0 fully saturated rings. The summed E-state index contributed by atoms with van der Waals surface area (Å²) >= 11 is 1.54. The van der Waals surface area contributed by atoms with Gasteiger partial charge in [-0.1, -0.05) is 66.4 Å². The van der Waals surface area contributed by atoms with Gasteiger partial charge in [0, 0.05) is 5.75 Å². The van der Waals surface area contributed by atoms with Crippen LogP contribution in [0.1, 0.15) is 5.56 Å². The highest BCUT2D eigenvalue weighted by atomic mass is 32.2. The third-order valence-corrected chi connectivity index (χ3v) is 4.85. The highest BCUT2D eigenvalue weighted by Crippen LogP contribution is 2.26. The van der Waals surface area contributed by atoms with Crippen molar-refractivity contribution in [2.75, 3.05) is 5.84 Å². The van der Waals surface area contributed by atoms with Crippen LogP contribution in [0.2, 0.25) is 0 Å². The van der Waals surface area contributed by atoms with Crippen molar-refractivity contribution < 1.29 is 4.42 Å². The van der Waals surface area contributed by atoms with E-state index in [-0.39, 0.29) is 0 Å². The molecular weight excluding hydrogens is 332 g/mol. The number of aromatic nitrogens is 3. The van der Waals surface area contributed by atoms with Crippen LogP contribution < -0.4 is 5.84 Å². The zero-order valence-electron chi connectivity index (χ0n) is 13.4. The molecule has 6 heteroatoms. The van der Waals surface area contributed by atoms with Crippen LogP contribution in [0.4, 0.5) is 0 Å². The van der Waals surface area contributed by atoms with Crippen molar-refractivity contribution >= 4 is 11.8 Å². The van der Waals surface area contributed by atoms with E-state index in [9.17, 15) is 0 Å². The Balaban J connectivity index is 1.45. The minimum Gasteiger partial charge on any atom is -0.461 e. The number of furan rings is 1. The Kier molecular flexibility index (Phi) is 4.26. The number of nitrogen functional groups attached to an aromatic ring is 1. The second kappa shape index (κ2) is 6.86. The van der Waals surface area contributed by atoms with Crippen molar-refractivity contribution in [1.29, 1.82) is 0 Å². The first-order valence-electron chi connectivity index (χ1n) is 7.83. The number of rotatable bonds is 5. The predicted molar refractivity (Wildman–Crippen MR) is 99.3 cm³/mol. The highest BCUT2D eigenvalue weighted by Gasteiger charge is 2.14. The van der Waals surface area contributed by atoms with Gasteiger partial charge in [-0.25, -0.2) is 4.68 Å². The lowest BCUT2D eigenvalue weighted by atomic mass is 10.0. The predicted octanol–water partition coefficient (Wildman–Crippen LogP) is 4.21. The maximum Gasteiger partial charge on any atom is 0.218 e. The minimum atomic E-state index is 0.520.